The van der Waals surface area contributed by atoms with Crippen LogP contribution >= 0.6 is 11.6 Å². The van der Waals surface area contributed by atoms with Crippen LogP contribution in [0.4, 0.5) is 0 Å². The third-order valence-electron chi connectivity index (χ3n) is 4.80. The first-order valence-electron chi connectivity index (χ1n) is 9.36. The van der Waals surface area contributed by atoms with Gasteiger partial charge in [0, 0.05) is 12.7 Å². The summed E-state index contributed by atoms with van der Waals surface area (Å²) in [5.74, 6) is 1.41. The van der Waals surface area contributed by atoms with Crippen molar-refractivity contribution in [2.24, 2.45) is 5.92 Å². The fourth-order valence-corrected chi connectivity index (χ4v) is 3.41. The van der Waals surface area contributed by atoms with Gasteiger partial charge in [-0.25, -0.2) is 9.97 Å². The smallest absolute Gasteiger partial charge is 0.253 e. The highest BCUT2D eigenvalue weighted by Gasteiger charge is 2.24. The van der Waals surface area contributed by atoms with Crippen molar-refractivity contribution in [2.45, 2.75) is 26.2 Å². The molecule has 4 rings (SSSR count). The molecule has 8 heteroatoms. The topological polar surface area (TPSA) is 86.2 Å². The fourth-order valence-electron chi connectivity index (χ4n) is 3.19. The molecule has 0 spiro atoms. The van der Waals surface area contributed by atoms with Crippen molar-refractivity contribution in [1.82, 2.24) is 20.3 Å². The summed E-state index contributed by atoms with van der Waals surface area (Å²) in [7, 11) is 1.52. The van der Waals surface area contributed by atoms with Crippen molar-refractivity contribution >= 4 is 39.6 Å². The van der Waals surface area contributed by atoms with Crippen molar-refractivity contribution in [2.75, 3.05) is 20.3 Å². The lowest BCUT2D eigenvalue weighted by Crippen LogP contribution is -2.23. The molecule has 146 valence electrons. The molecule has 0 radical (unpaired) electrons. The van der Waals surface area contributed by atoms with Crippen molar-refractivity contribution < 1.29 is 14.3 Å². The molecule has 3 aromatic rings. The van der Waals surface area contributed by atoms with Gasteiger partial charge in [-0.3, -0.25) is 9.78 Å². The summed E-state index contributed by atoms with van der Waals surface area (Å²) in [5, 5.41) is 3.15. The van der Waals surface area contributed by atoms with Gasteiger partial charge in [0.25, 0.3) is 5.91 Å². The average Bonchev–Trinajstić information content (AvgIpc) is 3.51. The molecule has 0 atom stereocenters. The Morgan fingerprint density at radius 1 is 1.21 bits per heavy atom. The Bertz CT molecular complexity index is 1050. The van der Waals surface area contributed by atoms with E-state index in [4.69, 9.17) is 21.1 Å². The highest BCUT2D eigenvalue weighted by molar-refractivity contribution is 6.33. The van der Waals surface area contributed by atoms with Gasteiger partial charge in [-0.05, 0) is 25.3 Å². The van der Waals surface area contributed by atoms with E-state index in [2.05, 4.69) is 20.3 Å². The van der Waals surface area contributed by atoms with Gasteiger partial charge in [-0.2, -0.15) is 0 Å². The normalized spacial score (nSPS) is 13.7. The van der Waals surface area contributed by atoms with Gasteiger partial charge in [0.2, 0.25) is 0 Å². The number of rotatable bonds is 7. The number of methoxy groups -OCH3 is 1. The predicted octanol–water partition coefficient (Wildman–Crippen LogP) is 3.77. The standard InChI is InChI=1S/C20H21ClN4O3/c1-3-22-20(26)12-6-8-23-15-14(12)25-17-16(24-10-13(21)18(17)27-2)19(15)28-9-7-11-4-5-11/h6,8,10-11H,3-5,7,9H2,1-2H3,(H,22,26). The number of hydrogen-bond acceptors (Lipinski definition) is 6. The van der Waals surface area contributed by atoms with E-state index in [1.54, 1.807) is 12.3 Å². The van der Waals surface area contributed by atoms with Crippen LogP contribution in [0, 0.1) is 5.92 Å². The first-order valence-corrected chi connectivity index (χ1v) is 9.73. The molecular formula is C20H21ClN4O3. The average molecular weight is 401 g/mol. The second kappa shape index (κ2) is 7.75. The maximum absolute atomic E-state index is 12.5. The number of carbonyl (C=O) groups excluding carboxylic acids is 1. The van der Waals surface area contributed by atoms with Gasteiger partial charge in [-0.1, -0.05) is 24.4 Å². The molecule has 1 aliphatic rings. The van der Waals surface area contributed by atoms with Crippen LogP contribution in [0.5, 0.6) is 11.5 Å². The fraction of sp³-hybridized carbons (Fsp3) is 0.400. The lowest BCUT2D eigenvalue weighted by molar-refractivity contribution is 0.0957. The van der Waals surface area contributed by atoms with E-state index in [0.29, 0.717) is 57.3 Å². The zero-order chi connectivity index (χ0) is 19.7. The van der Waals surface area contributed by atoms with Crippen molar-refractivity contribution in [3.05, 3.63) is 29.0 Å². The highest BCUT2D eigenvalue weighted by Crippen LogP contribution is 2.39. The van der Waals surface area contributed by atoms with Gasteiger partial charge in [0.15, 0.2) is 11.5 Å². The summed E-state index contributed by atoms with van der Waals surface area (Å²) < 4.78 is 11.6. The molecule has 0 aromatic carbocycles. The molecule has 28 heavy (non-hydrogen) atoms. The lowest BCUT2D eigenvalue weighted by Gasteiger charge is -2.15. The molecule has 1 N–H and O–H groups in total. The second-order valence-electron chi connectivity index (χ2n) is 6.77. The van der Waals surface area contributed by atoms with Crippen LogP contribution in [-0.4, -0.2) is 41.1 Å². The summed E-state index contributed by atoms with van der Waals surface area (Å²) in [6.45, 7) is 2.93. The molecule has 3 aromatic heterocycles. The van der Waals surface area contributed by atoms with Crippen LogP contribution in [0.1, 0.15) is 36.5 Å². The van der Waals surface area contributed by atoms with E-state index >= 15 is 0 Å². The zero-order valence-corrected chi connectivity index (χ0v) is 16.5. The number of aromatic nitrogens is 3. The Balaban J connectivity index is 1.94. The largest absolute Gasteiger partial charge is 0.493 e. The van der Waals surface area contributed by atoms with Crippen LogP contribution in [0.2, 0.25) is 5.02 Å². The number of hydrogen-bond donors (Lipinski definition) is 1. The number of nitrogens with one attached hydrogen (secondary N) is 1. The summed E-state index contributed by atoms with van der Waals surface area (Å²) in [6.07, 6.45) is 6.58. The van der Waals surface area contributed by atoms with E-state index in [-0.39, 0.29) is 5.91 Å². The third-order valence-corrected chi connectivity index (χ3v) is 5.07. The van der Waals surface area contributed by atoms with E-state index in [1.165, 1.54) is 26.1 Å². The van der Waals surface area contributed by atoms with Crippen LogP contribution in [-0.2, 0) is 0 Å². The monoisotopic (exact) mass is 400 g/mol. The van der Waals surface area contributed by atoms with Crippen LogP contribution in [0.15, 0.2) is 18.5 Å². The summed E-state index contributed by atoms with van der Waals surface area (Å²) >= 11 is 6.25. The molecule has 1 saturated carbocycles. The third kappa shape index (κ3) is 3.42. The second-order valence-corrected chi connectivity index (χ2v) is 7.18. The van der Waals surface area contributed by atoms with E-state index in [1.807, 2.05) is 6.92 Å². The summed E-state index contributed by atoms with van der Waals surface area (Å²) in [6, 6.07) is 1.64. The van der Waals surface area contributed by atoms with Crippen LogP contribution in [0.3, 0.4) is 0 Å². The number of halogens is 1. The molecule has 3 heterocycles. The van der Waals surface area contributed by atoms with Crippen molar-refractivity contribution in [3.63, 3.8) is 0 Å². The number of fused-ring (bicyclic) bond motifs is 2. The zero-order valence-electron chi connectivity index (χ0n) is 15.8. The molecular weight excluding hydrogens is 380 g/mol. The molecule has 1 fully saturated rings. The quantitative estimate of drug-likeness (QED) is 0.607. The molecule has 0 saturated heterocycles. The van der Waals surface area contributed by atoms with E-state index in [9.17, 15) is 4.79 Å². The minimum absolute atomic E-state index is 0.223. The minimum Gasteiger partial charge on any atom is -0.493 e. The minimum atomic E-state index is -0.223. The first kappa shape index (κ1) is 18.7. The van der Waals surface area contributed by atoms with Gasteiger partial charge >= 0.3 is 0 Å². The number of amides is 1. The first-order chi connectivity index (χ1) is 13.6. The van der Waals surface area contributed by atoms with Crippen LogP contribution in [0.25, 0.3) is 22.1 Å². The maximum Gasteiger partial charge on any atom is 0.253 e. The summed E-state index contributed by atoms with van der Waals surface area (Å²) in [5.41, 5.74) is 2.32. The summed E-state index contributed by atoms with van der Waals surface area (Å²) in [4.78, 5) is 26.1. The Morgan fingerprint density at radius 2 is 2.00 bits per heavy atom. The van der Waals surface area contributed by atoms with Crippen LogP contribution < -0.4 is 14.8 Å². The maximum atomic E-state index is 12.5. The van der Waals surface area contributed by atoms with Gasteiger partial charge in [0.1, 0.15) is 27.1 Å². The van der Waals surface area contributed by atoms with Gasteiger partial charge in [-0.15, -0.1) is 0 Å². The molecule has 0 aliphatic heterocycles. The number of nitrogens with zero attached hydrogens (tertiary/aromatic N) is 3. The lowest BCUT2D eigenvalue weighted by atomic mass is 10.1. The van der Waals surface area contributed by atoms with E-state index in [0.717, 1.165) is 12.3 Å². The number of pyridine rings is 3. The molecule has 7 nitrogen and oxygen atoms in total. The molecule has 0 bridgehead atoms. The number of ether oxygens (including phenoxy) is 2. The van der Waals surface area contributed by atoms with Crippen molar-refractivity contribution in [1.29, 1.82) is 0 Å². The predicted molar refractivity (Wildman–Crippen MR) is 107 cm³/mol. The van der Waals surface area contributed by atoms with Gasteiger partial charge < -0.3 is 14.8 Å². The SMILES string of the molecule is CCNC(=O)c1ccnc2c(OCCC3CC3)c3ncc(Cl)c(OC)c3nc12. The van der Waals surface area contributed by atoms with E-state index < -0.39 is 0 Å². The Kier molecular flexibility index (Phi) is 5.17. The molecule has 1 aliphatic carbocycles. The highest BCUT2D eigenvalue weighted by atomic mass is 35.5. The van der Waals surface area contributed by atoms with Crippen molar-refractivity contribution in [3.8, 4) is 11.5 Å². The number of carbonyl (C=O) groups is 1. The molecule has 1 amide bonds. The Labute approximate surface area is 167 Å². The Morgan fingerprint density at radius 3 is 2.71 bits per heavy atom. The van der Waals surface area contributed by atoms with Gasteiger partial charge in [0.05, 0.1) is 25.5 Å². The molecule has 0 unspecified atom stereocenters. The Hall–Kier alpha value is -2.67.